The molecule has 0 aromatic heterocycles. The van der Waals surface area contributed by atoms with E-state index in [1.165, 1.54) is 107 Å². The number of rotatable bonds is 13. The molecule has 0 amide bonds. The van der Waals surface area contributed by atoms with Gasteiger partial charge >= 0.3 is 0 Å². The van der Waals surface area contributed by atoms with Gasteiger partial charge in [0.15, 0.2) is 0 Å². The van der Waals surface area contributed by atoms with Gasteiger partial charge in [-0.25, -0.2) is 4.39 Å². The molecule has 0 bridgehead atoms. The summed E-state index contributed by atoms with van der Waals surface area (Å²) in [7, 11) is 0. The van der Waals surface area contributed by atoms with Crippen LogP contribution in [0.2, 0.25) is 0 Å². The maximum atomic E-state index is 13.7. The number of unbranched alkanes of at least 4 members (excludes halogenated alkanes) is 1. The molecule has 0 aromatic rings. The molecule has 1 saturated carbocycles. The monoisotopic (exact) mass is 641 g/mol. The Morgan fingerprint density at radius 1 is 0.872 bits per heavy atom. The van der Waals surface area contributed by atoms with Gasteiger partial charge < -0.3 is 10.0 Å². The minimum atomic E-state index is -0.255. The Kier molecular flexibility index (Phi) is 13.1. The zero-order valence-electron chi connectivity index (χ0n) is 29.5. The highest BCUT2D eigenvalue weighted by Crippen LogP contribution is 2.47. The minimum absolute atomic E-state index is 0.0334. The highest BCUT2D eigenvalue weighted by molar-refractivity contribution is 5.27. The second-order valence-electron chi connectivity index (χ2n) is 16.2. The number of hydrogen-bond donors (Lipinski definition) is 1. The van der Waals surface area contributed by atoms with Crippen molar-refractivity contribution in [3.63, 3.8) is 0 Å². The third kappa shape index (κ3) is 10.0. The number of piperidine rings is 1. The lowest BCUT2D eigenvalue weighted by molar-refractivity contribution is 0.162. The van der Waals surface area contributed by atoms with Crippen LogP contribution in [0.3, 0.4) is 0 Å². The number of likely N-dealkylation sites (tertiary alicyclic amines) is 1. The fourth-order valence-corrected chi connectivity index (χ4v) is 10.1. The molecule has 5 aliphatic carbocycles. The number of aliphatic hydroxyl groups is 1. The summed E-state index contributed by atoms with van der Waals surface area (Å²) in [6.45, 7) is 6.21. The highest BCUT2D eigenvalue weighted by Gasteiger charge is 2.37. The van der Waals surface area contributed by atoms with Crippen LogP contribution in [0.5, 0.6) is 0 Å². The van der Waals surface area contributed by atoms with E-state index in [9.17, 15) is 9.50 Å². The predicted molar refractivity (Wildman–Crippen MR) is 197 cm³/mol. The molecule has 2 nitrogen and oxygen atoms in total. The zero-order valence-corrected chi connectivity index (χ0v) is 29.5. The lowest BCUT2D eigenvalue weighted by Gasteiger charge is -2.37. The van der Waals surface area contributed by atoms with Crippen LogP contribution in [0.25, 0.3) is 0 Å². The number of aliphatic hydroxyl groups excluding tert-OH is 1. The Morgan fingerprint density at radius 2 is 1.72 bits per heavy atom. The molecule has 258 valence electrons. The molecule has 1 heterocycles. The van der Waals surface area contributed by atoms with Gasteiger partial charge in [-0.2, -0.15) is 0 Å². The molecule has 1 saturated heterocycles. The first-order valence-electron chi connectivity index (χ1n) is 19.9. The van der Waals surface area contributed by atoms with Gasteiger partial charge in [-0.1, -0.05) is 91.2 Å². The molecular weight excluding hydrogens is 577 g/mol. The van der Waals surface area contributed by atoms with Gasteiger partial charge in [0.1, 0.15) is 5.83 Å². The van der Waals surface area contributed by atoms with Crippen molar-refractivity contribution in [1.29, 1.82) is 0 Å². The third-order valence-corrected chi connectivity index (χ3v) is 12.9. The number of fused-ring (bicyclic) bond motifs is 1. The topological polar surface area (TPSA) is 23.5 Å². The van der Waals surface area contributed by atoms with Crippen molar-refractivity contribution in [3.8, 4) is 0 Å². The van der Waals surface area contributed by atoms with Gasteiger partial charge in [0, 0.05) is 6.42 Å². The Hall–Kier alpha value is -1.97. The van der Waals surface area contributed by atoms with Crippen LogP contribution >= 0.6 is 0 Å². The normalized spacial score (nSPS) is 33.5. The molecule has 47 heavy (non-hydrogen) atoms. The van der Waals surface area contributed by atoms with Crippen molar-refractivity contribution in [2.75, 3.05) is 19.6 Å². The summed E-state index contributed by atoms with van der Waals surface area (Å²) in [4.78, 5) is 2.75. The summed E-state index contributed by atoms with van der Waals surface area (Å²) in [5.74, 6) is 5.04. The van der Waals surface area contributed by atoms with Gasteiger partial charge in [-0.3, -0.25) is 0 Å². The molecule has 6 rings (SSSR count). The summed E-state index contributed by atoms with van der Waals surface area (Å²) in [6, 6.07) is 0. The molecule has 7 atom stereocenters. The number of halogens is 1. The van der Waals surface area contributed by atoms with E-state index >= 15 is 0 Å². The zero-order chi connectivity index (χ0) is 32.4. The third-order valence-electron chi connectivity index (χ3n) is 12.9. The van der Waals surface area contributed by atoms with Crippen LogP contribution in [0.1, 0.15) is 122 Å². The fraction of sp³-hybridized carbons (Fsp3) is 0.682. The van der Waals surface area contributed by atoms with Crippen LogP contribution in [0.15, 0.2) is 83.3 Å². The van der Waals surface area contributed by atoms with Gasteiger partial charge in [-0.15, -0.1) is 0 Å². The maximum Gasteiger partial charge on any atom is 0.100 e. The van der Waals surface area contributed by atoms with Crippen molar-refractivity contribution in [2.45, 2.75) is 129 Å². The second-order valence-corrected chi connectivity index (χ2v) is 16.2. The molecule has 2 fully saturated rings. The Labute approximate surface area is 286 Å². The quantitative estimate of drug-likeness (QED) is 0.160. The van der Waals surface area contributed by atoms with E-state index in [0.717, 1.165) is 56.3 Å². The maximum absolute atomic E-state index is 13.7. The van der Waals surface area contributed by atoms with Crippen LogP contribution < -0.4 is 0 Å². The van der Waals surface area contributed by atoms with E-state index in [1.54, 1.807) is 6.08 Å². The first-order chi connectivity index (χ1) is 23.0. The van der Waals surface area contributed by atoms with E-state index in [-0.39, 0.29) is 11.9 Å². The van der Waals surface area contributed by atoms with Crippen LogP contribution in [-0.4, -0.2) is 35.7 Å². The number of nitrogens with zero attached hydrogens (tertiary/aromatic N) is 1. The molecule has 7 unspecified atom stereocenters. The Bertz CT molecular complexity index is 1230. The van der Waals surface area contributed by atoms with E-state index in [1.807, 2.05) is 0 Å². The van der Waals surface area contributed by atoms with Gasteiger partial charge in [-0.05, 0) is 163 Å². The molecule has 1 N–H and O–H groups in total. The lowest BCUT2D eigenvalue weighted by atomic mass is 9.68. The van der Waals surface area contributed by atoms with Crippen molar-refractivity contribution < 1.29 is 9.50 Å². The van der Waals surface area contributed by atoms with Gasteiger partial charge in [0.2, 0.25) is 0 Å². The fourth-order valence-electron chi connectivity index (χ4n) is 10.1. The lowest BCUT2D eigenvalue weighted by Crippen LogP contribution is -2.35. The second kappa shape index (κ2) is 17.6. The number of hydrogen-bond acceptors (Lipinski definition) is 2. The first kappa shape index (κ1) is 34.9. The standard InChI is InChI=1S/C44H64FNO/c1-2-8-37-10-3-4-11-38(37)29-36-24-27-46(28-25-36)26-6-5-9-33-14-16-35(17-15-33)31-44-39(30-34-18-20-41(45)21-19-34)12-7-13-40-32-42(47)22-23-43(40)44/h3-4,10-11,14,16-18,20,32-33,36-39,42-44,47H,2,5-9,12-13,15,19,21-31H2,1H3. The van der Waals surface area contributed by atoms with Gasteiger partial charge in [0.05, 0.1) is 6.10 Å². The molecule has 3 heteroatoms. The van der Waals surface area contributed by atoms with Gasteiger partial charge in [0.25, 0.3) is 0 Å². The van der Waals surface area contributed by atoms with Crippen molar-refractivity contribution >= 4 is 0 Å². The average molecular weight is 642 g/mol. The molecule has 1 aliphatic heterocycles. The smallest absolute Gasteiger partial charge is 0.100 e. The Balaban J connectivity index is 0.933. The summed E-state index contributed by atoms with van der Waals surface area (Å²) in [5, 5.41) is 10.4. The minimum Gasteiger partial charge on any atom is -0.389 e. The summed E-state index contributed by atoms with van der Waals surface area (Å²) >= 11 is 0. The van der Waals surface area contributed by atoms with Crippen molar-refractivity contribution in [2.24, 2.45) is 41.4 Å². The van der Waals surface area contributed by atoms with Crippen LogP contribution in [0, 0.1) is 41.4 Å². The first-order valence-corrected chi connectivity index (χ1v) is 19.9. The highest BCUT2D eigenvalue weighted by atomic mass is 19.1. The molecule has 0 spiro atoms. The van der Waals surface area contributed by atoms with E-state index in [2.05, 4.69) is 66.5 Å². The molecular formula is C44H64FNO. The average Bonchev–Trinajstić information content (AvgIpc) is 3.25. The van der Waals surface area contributed by atoms with Crippen LogP contribution in [-0.2, 0) is 0 Å². The Morgan fingerprint density at radius 3 is 2.49 bits per heavy atom. The van der Waals surface area contributed by atoms with Crippen LogP contribution in [0.4, 0.5) is 4.39 Å². The molecule has 0 radical (unpaired) electrons. The van der Waals surface area contributed by atoms with Crippen molar-refractivity contribution in [1.82, 2.24) is 4.90 Å². The summed E-state index contributed by atoms with van der Waals surface area (Å²) in [5.41, 5.74) is 4.51. The number of allylic oxidation sites excluding steroid dienone is 13. The molecule has 0 aromatic carbocycles. The largest absolute Gasteiger partial charge is 0.389 e. The predicted octanol–water partition coefficient (Wildman–Crippen LogP) is 11.4. The SMILES string of the molecule is CCCC1C=CC=CC1CC1CCN(CCCCC2C=CC(CC3C(CC4=CC=C(F)CC4)CCCC4=CC(O)CCC43)=CC2)CC1. The van der Waals surface area contributed by atoms with E-state index in [0.29, 0.717) is 30.1 Å². The van der Waals surface area contributed by atoms with Crippen molar-refractivity contribution in [3.05, 3.63) is 83.3 Å². The molecule has 6 aliphatic rings. The van der Waals surface area contributed by atoms with E-state index in [4.69, 9.17) is 0 Å². The summed E-state index contributed by atoms with van der Waals surface area (Å²) in [6.07, 6.45) is 44.2. The summed E-state index contributed by atoms with van der Waals surface area (Å²) < 4.78 is 13.7. The van der Waals surface area contributed by atoms with E-state index < -0.39 is 0 Å².